The molecule has 0 bridgehead atoms. The lowest BCUT2D eigenvalue weighted by molar-refractivity contribution is 0.426. The van der Waals surface area contributed by atoms with Gasteiger partial charge in [0.1, 0.15) is 0 Å². The second kappa shape index (κ2) is 3.03. The number of nitrogens with zero attached hydrogens (tertiary/aromatic N) is 1. The molecule has 0 aliphatic rings. The predicted molar refractivity (Wildman–Crippen MR) is 50.9 cm³/mol. The first-order valence-corrected chi connectivity index (χ1v) is 4.05. The van der Waals surface area contributed by atoms with E-state index < -0.39 is 7.12 Å². The minimum absolute atomic E-state index is 0.338. The van der Waals surface area contributed by atoms with E-state index in [4.69, 9.17) is 21.6 Å². The number of hydrogen-bond acceptors (Lipinski definition) is 3. The van der Waals surface area contributed by atoms with Crippen molar-refractivity contribution < 1.29 is 10.0 Å². The summed E-state index contributed by atoms with van der Waals surface area (Å²) in [5.74, 6) is 0. The molecule has 0 aliphatic heterocycles. The van der Waals surface area contributed by atoms with Crippen molar-refractivity contribution >= 4 is 35.2 Å². The molecule has 0 radical (unpaired) electrons. The first-order chi connectivity index (χ1) is 6.18. The third-order valence-electron chi connectivity index (χ3n) is 1.80. The van der Waals surface area contributed by atoms with Crippen molar-refractivity contribution in [1.82, 2.24) is 9.97 Å². The number of H-pyrrole nitrogens is 1. The summed E-state index contributed by atoms with van der Waals surface area (Å²) in [5.41, 5.74) is 1.66. The molecule has 0 saturated heterocycles. The normalized spacial score (nSPS) is 10.7. The van der Waals surface area contributed by atoms with E-state index in [-0.39, 0.29) is 0 Å². The molecule has 13 heavy (non-hydrogen) atoms. The minimum Gasteiger partial charge on any atom is -0.423 e. The van der Waals surface area contributed by atoms with Crippen LogP contribution in [0, 0.1) is 0 Å². The number of benzene rings is 1. The topological polar surface area (TPSA) is 69.1 Å². The van der Waals surface area contributed by atoms with E-state index in [1.807, 2.05) is 0 Å². The number of hydrogen-bond donors (Lipinski definition) is 3. The van der Waals surface area contributed by atoms with Crippen molar-refractivity contribution in [1.29, 1.82) is 0 Å². The molecule has 0 amide bonds. The Labute approximate surface area is 79.3 Å². The zero-order chi connectivity index (χ0) is 9.42. The van der Waals surface area contributed by atoms with Gasteiger partial charge in [-0.3, -0.25) is 0 Å². The van der Waals surface area contributed by atoms with E-state index in [1.54, 1.807) is 6.07 Å². The van der Waals surface area contributed by atoms with Gasteiger partial charge in [-0.25, -0.2) is 4.98 Å². The van der Waals surface area contributed by atoms with Crippen LogP contribution in [0.3, 0.4) is 0 Å². The average molecular weight is 196 g/mol. The number of aromatic amines is 1. The number of imidazole rings is 1. The Hall–Kier alpha value is -1.04. The monoisotopic (exact) mass is 196 g/mol. The number of halogens is 1. The molecule has 1 heterocycles. The van der Waals surface area contributed by atoms with Gasteiger partial charge in [0.05, 0.1) is 22.4 Å². The number of rotatable bonds is 1. The van der Waals surface area contributed by atoms with Gasteiger partial charge in [0, 0.05) is 0 Å². The highest BCUT2D eigenvalue weighted by molar-refractivity contribution is 6.59. The van der Waals surface area contributed by atoms with Crippen LogP contribution < -0.4 is 5.46 Å². The van der Waals surface area contributed by atoms with Crippen LogP contribution in [0.2, 0.25) is 5.02 Å². The summed E-state index contributed by atoms with van der Waals surface area (Å²) in [6, 6.07) is 3.06. The Kier molecular flexibility index (Phi) is 1.99. The van der Waals surface area contributed by atoms with E-state index in [2.05, 4.69) is 9.97 Å². The van der Waals surface area contributed by atoms with Gasteiger partial charge in [0.15, 0.2) is 0 Å². The first-order valence-electron chi connectivity index (χ1n) is 3.67. The third-order valence-corrected chi connectivity index (χ3v) is 2.10. The van der Waals surface area contributed by atoms with Crippen molar-refractivity contribution in [2.75, 3.05) is 0 Å². The molecule has 3 N–H and O–H groups in total. The lowest BCUT2D eigenvalue weighted by Crippen LogP contribution is -2.29. The second-order valence-electron chi connectivity index (χ2n) is 2.67. The molecule has 1 aromatic heterocycles. The maximum Gasteiger partial charge on any atom is 0.488 e. The Morgan fingerprint density at radius 3 is 2.85 bits per heavy atom. The van der Waals surface area contributed by atoms with Gasteiger partial charge >= 0.3 is 7.12 Å². The van der Waals surface area contributed by atoms with Crippen molar-refractivity contribution in [3.63, 3.8) is 0 Å². The quantitative estimate of drug-likeness (QED) is 0.558. The largest absolute Gasteiger partial charge is 0.488 e. The first kappa shape index (κ1) is 8.56. The van der Waals surface area contributed by atoms with Crippen LogP contribution in [-0.2, 0) is 0 Å². The van der Waals surface area contributed by atoms with Gasteiger partial charge in [-0.1, -0.05) is 11.6 Å². The van der Waals surface area contributed by atoms with Crippen LogP contribution in [-0.4, -0.2) is 27.1 Å². The molecule has 1 aromatic carbocycles. The summed E-state index contributed by atoms with van der Waals surface area (Å²) < 4.78 is 0. The van der Waals surface area contributed by atoms with E-state index in [0.29, 0.717) is 21.5 Å². The molecule has 0 atom stereocenters. The molecule has 66 valence electrons. The van der Waals surface area contributed by atoms with Gasteiger partial charge in [-0.05, 0) is 17.6 Å². The Balaban J connectivity index is 2.70. The smallest absolute Gasteiger partial charge is 0.423 e. The zero-order valence-corrected chi connectivity index (χ0v) is 7.28. The summed E-state index contributed by atoms with van der Waals surface area (Å²) in [5, 5.41) is 18.2. The fourth-order valence-electron chi connectivity index (χ4n) is 1.17. The summed E-state index contributed by atoms with van der Waals surface area (Å²) in [6.45, 7) is 0. The molecule has 0 spiro atoms. The molecule has 0 unspecified atom stereocenters. The second-order valence-corrected chi connectivity index (χ2v) is 3.08. The standard InChI is InChI=1S/C7H6BClN2O2/c9-5-1-4(8(12)13)2-6-7(5)11-3-10-6/h1-3,12-13H,(H,10,11). The number of fused-ring (bicyclic) bond motifs is 1. The highest BCUT2D eigenvalue weighted by Gasteiger charge is 2.14. The molecular weight excluding hydrogens is 190 g/mol. The van der Waals surface area contributed by atoms with Gasteiger partial charge in [-0.15, -0.1) is 0 Å². The van der Waals surface area contributed by atoms with E-state index >= 15 is 0 Å². The van der Waals surface area contributed by atoms with Crippen LogP contribution in [0.1, 0.15) is 0 Å². The molecule has 2 rings (SSSR count). The van der Waals surface area contributed by atoms with Crippen LogP contribution in [0.4, 0.5) is 0 Å². The van der Waals surface area contributed by atoms with Gasteiger partial charge in [0.25, 0.3) is 0 Å². The van der Waals surface area contributed by atoms with Crippen molar-refractivity contribution in [2.45, 2.75) is 0 Å². The molecule has 0 saturated carbocycles. The lowest BCUT2D eigenvalue weighted by Gasteiger charge is -2.00. The fourth-order valence-corrected chi connectivity index (χ4v) is 1.45. The Bertz CT molecular complexity index is 443. The fraction of sp³-hybridized carbons (Fsp3) is 0. The predicted octanol–water partition coefficient (Wildman–Crippen LogP) is -0.104. The van der Waals surface area contributed by atoms with E-state index in [0.717, 1.165) is 0 Å². The highest BCUT2D eigenvalue weighted by Crippen LogP contribution is 2.18. The minimum atomic E-state index is -1.52. The van der Waals surface area contributed by atoms with Crippen LogP contribution in [0.15, 0.2) is 18.5 Å². The SMILES string of the molecule is OB(O)c1cc(Cl)c2[nH]cnc2c1. The molecule has 0 aliphatic carbocycles. The van der Waals surface area contributed by atoms with Gasteiger partial charge in [0.2, 0.25) is 0 Å². The maximum atomic E-state index is 8.90. The van der Waals surface area contributed by atoms with Crippen LogP contribution in [0.25, 0.3) is 11.0 Å². The van der Waals surface area contributed by atoms with Crippen molar-refractivity contribution in [2.24, 2.45) is 0 Å². The summed E-state index contributed by atoms with van der Waals surface area (Å²) in [4.78, 5) is 6.81. The van der Waals surface area contributed by atoms with Gasteiger partial charge in [-0.2, -0.15) is 0 Å². The van der Waals surface area contributed by atoms with E-state index in [9.17, 15) is 0 Å². The Morgan fingerprint density at radius 1 is 1.38 bits per heavy atom. The summed E-state index contributed by atoms with van der Waals surface area (Å²) in [6.07, 6.45) is 1.50. The van der Waals surface area contributed by atoms with Crippen molar-refractivity contribution in [3.05, 3.63) is 23.5 Å². The van der Waals surface area contributed by atoms with Gasteiger partial charge < -0.3 is 15.0 Å². The van der Waals surface area contributed by atoms with Crippen LogP contribution in [0.5, 0.6) is 0 Å². The third kappa shape index (κ3) is 1.41. The summed E-state index contributed by atoms with van der Waals surface area (Å²) >= 11 is 5.85. The van der Waals surface area contributed by atoms with Crippen molar-refractivity contribution in [3.8, 4) is 0 Å². The molecule has 0 fully saturated rings. The molecule has 4 nitrogen and oxygen atoms in total. The average Bonchev–Trinajstić information content (AvgIpc) is 2.51. The Morgan fingerprint density at radius 2 is 2.15 bits per heavy atom. The number of aromatic nitrogens is 2. The number of nitrogens with one attached hydrogen (secondary N) is 1. The molecular formula is C7H6BClN2O2. The molecule has 6 heteroatoms. The highest BCUT2D eigenvalue weighted by atomic mass is 35.5. The lowest BCUT2D eigenvalue weighted by atomic mass is 9.80. The van der Waals surface area contributed by atoms with Crippen LogP contribution >= 0.6 is 11.6 Å². The molecule has 2 aromatic rings. The summed E-state index contributed by atoms with van der Waals surface area (Å²) in [7, 11) is -1.52. The van der Waals surface area contributed by atoms with E-state index in [1.165, 1.54) is 12.4 Å². The maximum absolute atomic E-state index is 8.90. The zero-order valence-electron chi connectivity index (χ0n) is 6.53.